The van der Waals surface area contributed by atoms with E-state index < -0.39 is 12.1 Å². The van der Waals surface area contributed by atoms with Gasteiger partial charge in [-0.25, -0.2) is 4.79 Å². The number of nitrogens with one attached hydrogen (secondary N) is 3. The van der Waals surface area contributed by atoms with Crippen LogP contribution in [0.5, 0.6) is 0 Å². The van der Waals surface area contributed by atoms with Crippen molar-refractivity contribution in [2.45, 2.75) is 32.9 Å². The molecule has 5 N–H and O–H groups in total. The van der Waals surface area contributed by atoms with Gasteiger partial charge in [0.2, 0.25) is 5.91 Å². The van der Waals surface area contributed by atoms with Gasteiger partial charge in [0.05, 0.1) is 12.2 Å². The topological polar surface area (TPSA) is 113 Å². The zero-order valence-electron chi connectivity index (χ0n) is 10.6. The van der Waals surface area contributed by atoms with Gasteiger partial charge < -0.3 is 16.4 Å². The zero-order valence-corrected chi connectivity index (χ0v) is 10.6. The SMILES string of the molecule is CCC(C)C(NC(N)=O)C(=O)NCc1ccn[nH]1. The van der Waals surface area contributed by atoms with Crippen molar-refractivity contribution in [3.05, 3.63) is 18.0 Å². The summed E-state index contributed by atoms with van der Waals surface area (Å²) < 4.78 is 0. The van der Waals surface area contributed by atoms with Gasteiger partial charge in [-0.1, -0.05) is 20.3 Å². The van der Waals surface area contributed by atoms with Gasteiger partial charge in [-0.2, -0.15) is 5.10 Å². The molecule has 0 radical (unpaired) electrons. The largest absolute Gasteiger partial charge is 0.352 e. The molecule has 2 unspecified atom stereocenters. The predicted molar refractivity (Wildman–Crippen MR) is 66.4 cm³/mol. The molecule has 1 aromatic rings. The van der Waals surface area contributed by atoms with Gasteiger partial charge in [-0.3, -0.25) is 9.89 Å². The molecular weight excluding hydrogens is 234 g/mol. The fraction of sp³-hybridized carbons (Fsp3) is 0.545. The van der Waals surface area contributed by atoms with Crippen LogP contribution < -0.4 is 16.4 Å². The number of urea groups is 1. The molecule has 0 aromatic carbocycles. The highest BCUT2D eigenvalue weighted by Crippen LogP contribution is 2.08. The fourth-order valence-electron chi connectivity index (χ4n) is 1.53. The van der Waals surface area contributed by atoms with Crippen molar-refractivity contribution in [2.75, 3.05) is 0 Å². The van der Waals surface area contributed by atoms with Crippen LogP contribution in [0.2, 0.25) is 0 Å². The Bertz CT molecular complexity index is 390. The zero-order chi connectivity index (χ0) is 13.5. The van der Waals surface area contributed by atoms with Gasteiger partial charge in [0, 0.05) is 6.20 Å². The Hall–Kier alpha value is -2.05. The van der Waals surface area contributed by atoms with Crippen molar-refractivity contribution in [1.82, 2.24) is 20.8 Å². The van der Waals surface area contributed by atoms with E-state index in [1.807, 2.05) is 13.8 Å². The number of carbonyl (C=O) groups is 2. The van der Waals surface area contributed by atoms with Crippen molar-refractivity contribution in [3.63, 3.8) is 0 Å². The summed E-state index contributed by atoms with van der Waals surface area (Å²) in [5, 5.41) is 11.7. The van der Waals surface area contributed by atoms with Crippen LogP contribution in [0.1, 0.15) is 26.0 Å². The average Bonchev–Trinajstić information content (AvgIpc) is 2.85. The Labute approximate surface area is 106 Å². The van der Waals surface area contributed by atoms with E-state index >= 15 is 0 Å². The summed E-state index contributed by atoms with van der Waals surface area (Å²) in [4.78, 5) is 22.8. The molecule has 1 rings (SSSR count). The molecule has 1 heterocycles. The number of primary amides is 1. The van der Waals surface area contributed by atoms with E-state index in [2.05, 4.69) is 20.8 Å². The lowest BCUT2D eigenvalue weighted by Gasteiger charge is -2.22. The van der Waals surface area contributed by atoms with Crippen LogP contribution in [0.25, 0.3) is 0 Å². The summed E-state index contributed by atoms with van der Waals surface area (Å²) in [7, 11) is 0. The van der Waals surface area contributed by atoms with Crippen LogP contribution in [0.15, 0.2) is 12.3 Å². The van der Waals surface area contributed by atoms with Crippen LogP contribution >= 0.6 is 0 Å². The highest BCUT2D eigenvalue weighted by atomic mass is 16.2. The normalized spacial score (nSPS) is 13.7. The number of hydrogen-bond donors (Lipinski definition) is 4. The highest BCUT2D eigenvalue weighted by Gasteiger charge is 2.24. The molecule has 0 aliphatic carbocycles. The summed E-state index contributed by atoms with van der Waals surface area (Å²) in [6.07, 6.45) is 2.37. The molecule has 0 aliphatic heterocycles. The van der Waals surface area contributed by atoms with Crippen molar-refractivity contribution >= 4 is 11.9 Å². The molecule has 0 fully saturated rings. The van der Waals surface area contributed by atoms with Crippen molar-refractivity contribution in [2.24, 2.45) is 11.7 Å². The summed E-state index contributed by atoms with van der Waals surface area (Å²) in [5.74, 6) is -0.239. The molecule has 2 atom stereocenters. The number of carbonyl (C=O) groups excluding carboxylic acids is 2. The van der Waals surface area contributed by atoms with Crippen LogP contribution in [0.3, 0.4) is 0 Å². The Morgan fingerprint density at radius 2 is 2.28 bits per heavy atom. The lowest BCUT2D eigenvalue weighted by molar-refractivity contribution is -0.124. The first-order valence-corrected chi connectivity index (χ1v) is 5.86. The lowest BCUT2D eigenvalue weighted by Crippen LogP contribution is -2.51. The maximum Gasteiger partial charge on any atom is 0.312 e. The average molecular weight is 253 g/mol. The first-order valence-electron chi connectivity index (χ1n) is 5.86. The number of nitrogens with two attached hydrogens (primary N) is 1. The number of aromatic amines is 1. The molecule has 7 nitrogen and oxygen atoms in total. The Balaban J connectivity index is 2.55. The first-order chi connectivity index (χ1) is 8.54. The van der Waals surface area contributed by atoms with Crippen LogP contribution in [-0.2, 0) is 11.3 Å². The predicted octanol–water partition coefficient (Wildman–Crippen LogP) is 0.109. The molecule has 1 aromatic heterocycles. The van der Waals surface area contributed by atoms with Crippen LogP contribution in [0, 0.1) is 5.92 Å². The molecule has 0 bridgehead atoms. The molecule has 7 heteroatoms. The van der Waals surface area contributed by atoms with E-state index in [1.54, 1.807) is 12.3 Å². The van der Waals surface area contributed by atoms with E-state index in [0.717, 1.165) is 12.1 Å². The Morgan fingerprint density at radius 3 is 2.78 bits per heavy atom. The van der Waals surface area contributed by atoms with Gasteiger partial charge in [0.25, 0.3) is 0 Å². The molecular formula is C11H19N5O2. The summed E-state index contributed by atoms with van der Waals surface area (Å²) in [6, 6.07) is 0.451. The Kier molecular flexibility index (Phi) is 5.16. The summed E-state index contributed by atoms with van der Waals surface area (Å²) in [6.45, 7) is 4.17. The van der Waals surface area contributed by atoms with Gasteiger partial charge in [-0.05, 0) is 12.0 Å². The molecule has 0 aliphatic rings. The van der Waals surface area contributed by atoms with Gasteiger partial charge in [0.1, 0.15) is 6.04 Å². The minimum absolute atomic E-state index is 0.0132. The number of aromatic nitrogens is 2. The lowest BCUT2D eigenvalue weighted by atomic mass is 9.98. The standard InChI is InChI=1S/C11H19N5O2/c1-3-7(2)9(15-11(12)18)10(17)13-6-8-4-5-14-16-8/h4-5,7,9H,3,6H2,1-2H3,(H,13,17)(H,14,16)(H3,12,15,18). The van der Waals surface area contributed by atoms with Crippen LogP contribution in [-0.4, -0.2) is 28.2 Å². The maximum atomic E-state index is 12.0. The molecule has 0 saturated carbocycles. The number of rotatable bonds is 6. The van der Waals surface area contributed by atoms with Gasteiger partial charge in [-0.15, -0.1) is 0 Å². The second-order valence-electron chi connectivity index (χ2n) is 4.17. The minimum Gasteiger partial charge on any atom is -0.352 e. The number of amides is 3. The number of H-pyrrole nitrogens is 1. The second kappa shape index (κ2) is 6.63. The summed E-state index contributed by atoms with van der Waals surface area (Å²) in [5.41, 5.74) is 5.86. The molecule has 0 spiro atoms. The Morgan fingerprint density at radius 1 is 1.56 bits per heavy atom. The maximum absolute atomic E-state index is 12.0. The third kappa shape index (κ3) is 4.08. The van der Waals surface area contributed by atoms with E-state index in [-0.39, 0.29) is 11.8 Å². The highest BCUT2D eigenvalue weighted by molar-refractivity contribution is 5.86. The molecule has 3 amide bonds. The van der Waals surface area contributed by atoms with Crippen LogP contribution in [0.4, 0.5) is 4.79 Å². The monoisotopic (exact) mass is 253 g/mol. The molecule has 18 heavy (non-hydrogen) atoms. The summed E-state index contributed by atoms with van der Waals surface area (Å²) >= 11 is 0. The quantitative estimate of drug-likeness (QED) is 0.577. The third-order valence-corrected chi connectivity index (χ3v) is 2.80. The smallest absolute Gasteiger partial charge is 0.312 e. The number of nitrogens with zero attached hydrogens (tertiary/aromatic N) is 1. The van der Waals surface area contributed by atoms with Gasteiger partial charge >= 0.3 is 6.03 Å². The molecule has 100 valence electrons. The van der Waals surface area contributed by atoms with E-state index in [1.165, 1.54) is 0 Å². The fourth-order valence-corrected chi connectivity index (χ4v) is 1.53. The van der Waals surface area contributed by atoms with Crippen molar-refractivity contribution in [1.29, 1.82) is 0 Å². The van der Waals surface area contributed by atoms with Crippen molar-refractivity contribution < 1.29 is 9.59 Å². The van der Waals surface area contributed by atoms with E-state index in [9.17, 15) is 9.59 Å². The number of hydrogen-bond acceptors (Lipinski definition) is 3. The van der Waals surface area contributed by atoms with E-state index in [4.69, 9.17) is 5.73 Å². The van der Waals surface area contributed by atoms with E-state index in [0.29, 0.717) is 6.54 Å². The van der Waals surface area contributed by atoms with Crippen molar-refractivity contribution in [3.8, 4) is 0 Å². The molecule has 0 saturated heterocycles. The minimum atomic E-state index is -0.697. The second-order valence-corrected chi connectivity index (χ2v) is 4.17. The first kappa shape index (κ1) is 14.0. The third-order valence-electron chi connectivity index (χ3n) is 2.80. The van der Waals surface area contributed by atoms with Gasteiger partial charge in [0.15, 0.2) is 0 Å².